The van der Waals surface area contributed by atoms with Gasteiger partial charge in [-0.25, -0.2) is 8.78 Å². The third-order valence-electron chi connectivity index (χ3n) is 7.14. The highest BCUT2D eigenvalue weighted by atomic mass is 19.1. The lowest BCUT2D eigenvalue weighted by atomic mass is 10.00. The summed E-state index contributed by atoms with van der Waals surface area (Å²) >= 11 is 0. The van der Waals surface area contributed by atoms with Crippen LogP contribution in [-0.4, -0.2) is 59.1 Å². The minimum Gasteiger partial charge on any atom is -0.368 e. The van der Waals surface area contributed by atoms with Crippen molar-refractivity contribution in [2.24, 2.45) is 0 Å². The van der Waals surface area contributed by atoms with E-state index in [-0.39, 0.29) is 5.91 Å². The molecular weight excluding hydrogens is 450 g/mol. The van der Waals surface area contributed by atoms with Gasteiger partial charge in [-0.2, -0.15) is 5.10 Å². The van der Waals surface area contributed by atoms with Gasteiger partial charge in [0.15, 0.2) is 5.82 Å². The van der Waals surface area contributed by atoms with Gasteiger partial charge < -0.3 is 15.1 Å². The van der Waals surface area contributed by atoms with Crippen molar-refractivity contribution in [1.29, 1.82) is 0 Å². The predicted molar refractivity (Wildman–Crippen MR) is 131 cm³/mol. The number of para-hydroxylation sites is 1. The van der Waals surface area contributed by atoms with Gasteiger partial charge in [0, 0.05) is 56.6 Å². The summed E-state index contributed by atoms with van der Waals surface area (Å²) in [6.07, 6.45) is 0. The van der Waals surface area contributed by atoms with Crippen molar-refractivity contribution in [3.8, 4) is 0 Å². The second-order valence-corrected chi connectivity index (χ2v) is 9.88. The molecule has 0 radical (unpaired) electrons. The average molecular weight is 481 g/mol. The fourth-order valence-electron chi connectivity index (χ4n) is 5.01. The lowest BCUT2D eigenvalue weighted by molar-refractivity contribution is 0.102. The molecule has 1 aromatic heterocycles. The van der Waals surface area contributed by atoms with Crippen LogP contribution in [0.2, 0.25) is 0 Å². The number of carbonyl (C=O) groups excluding carboxylic acids is 1. The van der Waals surface area contributed by atoms with Crippen LogP contribution in [0.1, 0.15) is 41.0 Å². The van der Waals surface area contributed by atoms with Gasteiger partial charge in [-0.3, -0.25) is 14.8 Å². The van der Waals surface area contributed by atoms with E-state index in [2.05, 4.69) is 37.3 Å². The molecule has 2 aliphatic heterocycles. The monoisotopic (exact) mass is 480 g/mol. The third-order valence-corrected chi connectivity index (χ3v) is 7.14. The van der Waals surface area contributed by atoms with Gasteiger partial charge in [-0.15, -0.1) is 0 Å². The number of hydrogen-bond acceptors (Lipinski definition) is 5. The zero-order valence-corrected chi connectivity index (χ0v) is 20.2. The van der Waals surface area contributed by atoms with E-state index in [0.29, 0.717) is 30.0 Å². The maximum Gasteiger partial charge on any atom is 0.258 e. The number of aromatic nitrogens is 2. The fourth-order valence-corrected chi connectivity index (χ4v) is 5.01. The Morgan fingerprint density at radius 3 is 2.49 bits per heavy atom. The van der Waals surface area contributed by atoms with Crippen LogP contribution in [0.4, 0.5) is 20.3 Å². The van der Waals surface area contributed by atoms with Crippen LogP contribution in [-0.2, 0) is 18.6 Å². The molecule has 0 unspecified atom stereocenters. The Morgan fingerprint density at radius 1 is 1.09 bits per heavy atom. The molecule has 0 bridgehead atoms. The van der Waals surface area contributed by atoms with Crippen LogP contribution >= 0.6 is 0 Å². The molecule has 3 heterocycles. The van der Waals surface area contributed by atoms with Gasteiger partial charge in [-0.05, 0) is 50.7 Å². The van der Waals surface area contributed by atoms with E-state index in [4.69, 9.17) is 0 Å². The number of halogens is 2. The van der Waals surface area contributed by atoms with E-state index >= 15 is 0 Å². The second-order valence-electron chi connectivity index (χ2n) is 9.88. The summed E-state index contributed by atoms with van der Waals surface area (Å²) in [6.45, 7) is 8.54. The third kappa shape index (κ3) is 4.53. The molecule has 5 rings (SSSR count). The molecule has 0 atom stereocenters. The molecule has 2 aromatic carbocycles. The number of fused-ring (bicyclic) bond motifs is 1. The minimum absolute atomic E-state index is 0.211. The normalized spacial score (nSPS) is 18.0. The van der Waals surface area contributed by atoms with Crippen LogP contribution in [0.3, 0.4) is 0 Å². The first-order valence-electron chi connectivity index (χ1n) is 11.8. The molecule has 0 aliphatic carbocycles. The van der Waals surface area contributed by atoms with E-state index in [1.54, 1.807) is 0 Å². The quantitative estimate of drug-likeness (QED) is 0.579. The molecule has 35 heavy (non-hydrogen) atoms. The highest BCUT2D eigenvalue weighted by Gasteiger charge is 2.41. The van der Waals surface area contributed by atoms with E-state index in [0.717, 1.165) is 49.2 Å². The zero-order chi connectivity index (χ0) is 24.7. The van der Waals surface area contributed by atoms with Crippen LogP contribution in [0.5, 0.6) is 0 Å². The summed E-state index contributed by atoms with van der Waals surface area (Å²) in [5.74, 6) is -0.912. The smallest absolute Gasteiger partial charge is 0.258 e. The molecule has 0 spiro atoms. The zero-order valence-electron chi connectivity index (χ0n) is 20.2. The summed E-state index contributed by atoms with van der Waals surface area (Å²) in [7, 11) is 2.10. The number of piperazine rings is 1. The Labute approximate surface area is 203 Å². The number of nitrogens with one attached hydrogen (secondary N) is 2. The molecule has 9 heteroatoms. The van der Waals surface area contributed by atoms with Crippen molar-refractivity contribution in [3.05, 3.63) is 76.5 Å². The molecule has 184 valence electrons. The van der Waals surface area contributed by atoms with Crippen LogP contribution in [0, 0.1) is 11.6 Å². The number of amides is 1. The van der Waals surface area contributed by atoms with Gasteiger partial charge in [0.25, 0.3) is 5.91 Å². The van der Waals surface area contributed by atoms with Crippen LogP contribution in [0.15, 0.2) is 42.5 Å². The lowest BCUT2D eigenvalue weighted by Crippen LogP contribution is -2.45. The molecular formula is C26H30F2N6O. The van der Waals surface area contributed by atoms with Crippen molar-refractivity contribution in [2.45, 2.75) is 32.5 Å². The number of anilines is 2. The number of carbonyl (C=O) groups is 1. The van der Waals surface area contributed by atoms with Crippen molar-refractivity contribution in [1.82, 2.24) is 20.0 Å². The van der Waals surface area contributed by atoms with E-state index in [1.165, 1.54) is 12.1 Å². The first kappa shape index (κ1) is 23.4. The Balaban J connectivity index is 1.35. The van der Waals surface area contributed by atoms with Crippen molar-refractivity contribution < 1.29 is 13.6 Å². The molecule has 1 amide bonds. The van der Waals surface area contributed by atoms with Crippen LogP contribution in [0.25, 0.3) is 0 Å². The summed E-state index contributed by atoms with van der Waals surface area (Å²) in [5.41, 5.74) is 3.40. The minimum atomic E-state index is -0.593. The van der Waals surface area contributed by atoms with Crippen molar-refractivity contribution >= 4 is 17.4 Å². The Morgan fingerprint density at radius 2 is 1.77 bits per heavy atom. The van der Waals surface area contributed by atoms with Crippen LogP contribution < -0.4 is 10.2 Å². The first-order chi connectivity index (χ1) is 16.7. The number of hydrogen-bond donors (Lipinski definition) is 2. The van der Waals surface area contributed by atoms with Crippen molar-refractivity contribution in [2.75, 3.05) is 43.4 Å². The lowest BCUT2D eigenvalue weighted by Gasteiger charge is -2.34. The molecule has 1 saturated heterocycles. The maximum atomic E-state index is 13.7. The van der Waals surface area contributed by atoms with E-state index in [1.807, 2.05) is 38.1 Å². The number of likely N-dealkylation sites (N-methyl/N-ethyl adjacent to an activating group) is 1. The number of H-pyrrole nitrogens is 1. The molecule has 7 nitrogen and oxygen atoms in total. The maximum absolute atomic E-state index is 13.7. The predicted octanol–water partition coefficient (Wildman–Crippen LogP) is 3.94. The topological polar surface area (TPSA) is 67.5 Å². The Hall–Kier alpha value is -3.30. The highest BCUT2D eigenvalue weighted by molar-refractivity contribution is 6.08. The molecule has 3 aromatic rings. The van der Waals surface area contributed by atoms with Gasteiger partial charge in [0.05, 0.1) is 16.8 Å². The van der Waals surface area contributed by atoms with E-state index in [9.17, 15) is 13.6 Å². The Bertz CT molecular complexity index is 1230. The second kappa shape index (κ2) is 9.05. The van der Waals surface area contributed by atoms with Gasteiger partial charge >= 0.3 is 0 Å². The SMILES string of the molecule is CN1CCN(c2ccccc2C(=O)Nc2n[nH]c3c2CN(Cc2cc(F)cc(F)c2)C3(C)C)CC1. The van der Waals surface area contributed by atoms with Gasteiger partial charge in [0.2, 0.25) is 0 Å². The van der Waals surface area contributed by atoms with Gasteiger partial charge in [0.1, 0.15) is 11.6 Å². The summed E-state index contributed by atoms with van der Waals surface area (Å²) in [5, 5.41) is 10.5. The molecule has 2 N–H and O–H groups in total. The van der Waals surface area contributed by atoms with E-state index < -0.39 is 17.2 Å². The largest absolute Gasteiger partial charge is 0.368 e. The molecule has 2 aliphatic rings. The average Bonchev–Trinajstić information content (AvgIpc) is 3.31. The fraction of sp³-hybridized carbons (Fsp3) is 0.385. The molecule has 0 saturated carbocycles. The van der Waals surface area contributed by atoms with Gasteiger partial charge in [-0.1, -0.05) is 12.1 Å². The summed E-state index contributed by atoms with van der Waals surface area (Å²) in [6, 6.07) is 11.2. The number of nitrogens with zero attached hydrogens (tertiary/aromatic N) is 4. The number of aromatic amines is 1. The summed E-state index contributed by atoms with van der Waals surface area (Å²) < 4.78 is 27.4. The standard InChI is InChI=1S/C26H30F2N6O/c1-26(2)23-21(16-34(26)15-17-12-18(27)14-19(28)13-17)24(31-30-23)29-25(35)20-6-4-5-7-22(20)33-10-8-32(3)9-11-33/h4-7,12-14H,8-11,15-16H2,1-3H3,(H2,29,30,31,35). The first-order valence-corrected chi connectivity index (χ1v) is 11.8. The molecule has 1 fully saturated rings. The van der Waals surface area contributed by atoms with Crippen molar-refractivity contribution in [3.63, 3.8) is 0 Å². The summed E-state index contributed by atoms with van der Waals surface area (Å²) in [4.78, 5) is 20.0. The highest BCUT2D eigenvalue weighted by Crippen LogP contribution is 2.41. The number of rotatable bonds is 5. The number of benzene rings is 2. The Kier molecular flexibility index (Phi) is 6.06.